The molecular formula is C11H19N3O5S. The number of hydrogen-bond acceptors (Lipinski definition) is 5. The molecule has 114 valence electrons. The van der Waals surface area contributed by atoms with Crippen molar-refractivity contribution in [3.05, 3.63) is 18.2 Å². The molecule has 0 bridgehead atoms. The van der Waals surface area contributed by atoms with Gasteiger partial charge in [-0.2, -0.15) is 0 Å². The average molecular weight is 305 g/mol. The zero-order valence-electron chi connectivity index (χ0n) is 11.4. The van der Waals surface area contributed by atoms with E-state index in [4.69, 9.17) is 9.84 Å². The molecule has 0 spiro atoms. The van der Waals surface area contributed by atoms with Gasteiger partial charge in [-0.15, -0.1) is 0 Å². The predicted molar refractivity (Wildman–Crippen MR) is 72.1 cm³/mol. The molecule has 0 aliphatic rings. The summed E-state index contributed by atoms with van der Waals surface area (Å²) in [5, 5.41) is 8.69. The number of nitrogens with one attached hydrogen (secondary N) is 1. The molecule has 0 saturated heterocycles. The van der Waals surface area contributed by atoms with Gasteiger partial charge in [0.1, 0.15) is 0 Å². The second-order valence-corrected chi connectivity index (χ2v) is 6.36. The van der Waals surface area contributed by atoms with Crippen molar-refractivity contribution in [2.45, 2.75) is 26.5 Å². The number of carboxylic acids is 1. The van der Waals surface area contributed by atoms with Crippen LogP contribution in [0.4, 0.5) is 0 Å². The van der Waals surface area contributed by atoms with Gasteiger partial charge in [-0.25, -0.2) is 22.9 Å². The Morgan fingerprint density at radius 1 is 1.55 bits per heavy atom. The van der Waals surface area contributed by atoms with Crippen molar-refractivity contribution in [1.82, 2.24) is 14.3 Å². The molecule has 0 radical (unpaired) electrons. The van der Waals surface area contributed by atoms with Crippen LogP contribution in [0.1, 0.15) is 24.3 Å². The van der Waals surface area contributed by atoms with Crippen molar-refractivity contribution in [3.63, 3.8) is 0 Å². The minimum atomic E-state index is -3.38. The van der Waals surface area contributed by atoms with E-state index in [9.17, 15) is 13.2 Å². The Labute approximate surface area is 117 Å². The van der Waals surface area contributed by atoms with Gasteiger partial charge in [-0.3, -0.25) is 0 Å². The van der Waals surface area contributed by atoms with Gasteiger partial charge < -0.3 is 14.4 Å². The normalized spacial score (nSPS) is 11.9. The summed E-state index contributed by atoms with van der Waals surface area (Å²) in [5.74, 6) is -1.22. The lowest BCUT2D eigenvalue weighted by Crippen LogP contribution is -2.31. The molecule has 2 N–H and O–H groups in total. The van der Waals surface area contributed by atoms with Crippen LogP contribution in [0.2, 0.25) is 0 Å². The van der Waals surface area contributed by atoms with Crippen LogP contribution in [-0.4, -0.2) is 54.1 Å². The molecule has 1 rings (SSSR count). The predicted octanol–water partition coefficient (Wildman–Crippen LogP) is -0.0743. The van der Waals surface area contributed by atoms with E-state index in [0.29, 0.717) is 6.54 Å². The third-order valence-corrected chi connectivity index (χ3v) is 3.70. The van der Waals surface area contributed by atoms with E-state index < -0.39 is 16.0 Å². The van der Waals surface area contributed by atoms with E-state index in [2.05, 4.69) is 9.71 Å². The number of carbonyl (C=O) groups is 1. The Kier molecular flexibility index (Phi) is 6.11. The molecule has 9 heteroatoms. The molecule has 0 aromatic carbocycles. The summed E-state index contributed by atoms with van der Waals surface area (Å²) >= 11 is 0. The van der Waals surface area contributed by atoms with E-state index in [1.165, 1.54) is 17.1 Å². The first-order chi connectivity index (χ1) is 9.30. The van der Waals surface area contributed by atoms with Crippen LogP contribution < -0.4 is 4.72 Å². The van der Waals surface area contributed by atoms with E-state index in [1.807, 2.05) is 13.8 Å². The number of rotatable bonds is 9. The number of ether oxygens (including phenoxy) is 1. The summed E-state index contributed by atoms with van der Waals surface area (Å²) in [7, 11) is -3.38. The Morgan fingerprint density at radius 2 is 2.25 bits per heavy atom. The summed E-state index contributed by atoms with van der Waals surface area (Å²) in [5.41, 5.74) is -0.0711. The van der Waals surface area contributed by atoms with E-state index in [1.54, 1.807) is 0 Å². The quantitative estimate of drug-likeness (QED) is 0.660. The first kappa shape index (κ1) is 16.6. The van der Waals surface area contributed by atoms with Gasteiger partial charge >= 0.3 is 5.97 Å². The molecule has 0 amide bonds. The highest BCUT2D eigenvalue weighted by atomic mass is 32.2. The van der Waals surface area contributed by atoms with Crippen LogP contribution in [0.15, 0.2) is 12.5 Å². The highest BCUT2D eigenvalue weighted by molar-refractivity contribution is 7.89. The fourth-order valence-corrected chi connectivity index (χ4v) is 2.25. The van der Waals surface area contributed by atoms with Crippen LogP contribution in [0, 0.1) is 0 Å². The minimum absolute atomic E-state index is 0.00871. The van der Waals surface area contributed by atoms with Crippen LogP contribution in [0.25, 0.3) is 0 Å². The molecule has 0 aliphatic carbocycles. The van der Waals surface area contributed by atoms with Crippen molar-refractivity contribution < 1.29 is 23.1 Å². The maximum atomic E-state index is 11.6. The number of nitrogens with zero attached hydrogens (tertiary/aromatic N) is 2. The fraction of sp³-hybridized carbons (Fsp3) is 0.636. The van der Waals surface area contributed by atoms with E-state index >= 15 is 0 Å². The lowest BCUT2D eigenvalue weighted by Gasteiger charge is -2.09. The Balaban J connectivity index is 2.33. The second-order valence-electron chi connectivity index (χ2n) is 4.43. The van der Waals surface area contributed by atoms with Gasteiger partial charge in [-0.05, 0) is 13.8 Å². The number of aromatic nitrogens is 2. The monoisotopic (exact) mass is 305 g/mol. The molecule has 0 saturated carbocycles. The summed E-state index contributed by atoms with van der Waals surface area (Å²) in [4.78, 5) is 14.3. The van der Waals surface area contributed by atoms with E-state index in [0.717, 1.165) is 0 Å². The lowest BCUT2D eigenvalue weighted by atomic mass is 10.5. The summed E-state index contributed by atoms with van der Waals surface area (Å²) in [6, 6.07) is 0. The number of sulfonamides is 1. The minimum Gasteiger partial charge on any atom is -0.476 e. The molecule has 1 aromatic heterocycles. The second kappa shape index (κ2) is 7.36. The summed E-state index contributed by atoms with van der Waals surface area (Å²) in [6.07, 6.45) is 2.68. The number of hydrogen-bond donors (Lipinski definition) is 2. The molecule has 0 unspecified atom stereocenters. The fourth-order valence-electron chi connectivity index (χ4n) is 1.39. The molecular weight excluding hydrogens is 286 g/mol. The molecule has 8 nitrogen and oxygen atoms in total. The molecule has 0 aliphatic heterocycles. The van der Waals surface area contributed by atoms with Gasteiger partial charge in [0.15, 0.2) is 5.69 Å². The maximum absolute atomic E-state index is 11.6. The first-order valence-corrected chi connectivity index (χ1v) is 7.79. The van der Waals surface area contributed by atoms with Gasteiger partial charge in [-0.1, -0.05) is 0 Å². The Bertz CT molecular complexity index is 538. The van der Waals surface area contributed by atoms with Crippen LogP contribution in [-0.2, 0) is 21.3 Å². The number of aromatic carboxylic acids is 1. The molecule has 0 atom stereocenters. The van der Waals surface area contributed by atoms with Gasteiger partial charge in [0.25, 0.3) is 0 Å². The number of carboxylic acid groups (broad SMARTS) is 1. The largest absolute Gasteiger partial charge is 0.476 e. The zero-order chi connectivity index (χ0) is 15.2. The van der Waals surface area contributed by atoms with Crippen LogP contribution in [0.3, 0.4) is 0 Å². The van der Waals surface area contributed by atoms with Crippen LogP contribution in [0.5, 0.6) is 0 Å². The average Bonchev–Trinajstić information content (AvgIpc) is 2.76. The Hall–Kier alpha value is -1.45. The highest BCUT2D eigenvalue weighted by Gasteiger charge is 2.11. The van der Waals surface area contributed by atoms with Gasteiger partial charge in [0.05, 0.1) is 24.8 Å². The summed E-state index contributed by atoms with van der Waals surface area (Å²) < 4.78 is 32.3. The third kappa shape index (κ3) is 6.13. The van der Waals surface area contributed by atoms with Crippen molar-refractivity contribution in [1.29, 1.82) is 0 Å². The first-order valence-electron chi connectivity index (χ1n) is 6.14. The smallest absolute Gasteiger partial charge is 0.356 e. The molecule has 20 heavy (non-hydrogen) atoms. The topological polar surface area (TPSA) is 111 Å². The van der Waals surface area contributed by atoms with Crippen molar-refractivity contribution >= 4 is 16.0 Å². The van der Waals surface area contributed by atoms with Crippen molar-refractivity contribution in [2.24, 2.45) is 0 Å². The zero-order valence-corrected chi connectivity index (χ0v) is 12.3. The van der Waals surface area contributed by atoms with Gasteiger partial charge in [0, 0.05) is 19.3 Å². The molecule has 1 aromatic rings. The lowest BCUT2D eigenvalue weighted by molar-refractivity contribution is 0.0690. The van der Waals surface area contributed by atoms with E-state index in [-0.39, 0.29) is 30.7 Å². The maximum Gasteiger partial charge on any atom is 0.356 e. The highest BCUT2D eigenvalue weighted by Crippen LogP contribution is 1.96. The molecule has 1 heterocycles. The third-order valence-electron chi connectivity index (χ3n) is 2.35. The number of imidazole rings is 1. The van der Waals surface area contributed by atoms with Crippen molar-refractivity contribution in [3.8, 4) is 0 Å². The molecule has 0 fully saturated rings. The Morgan fingerprint density at radius 3 is 2.80 bits per heavy atom. The van der Waals surface area contributed by atoms with Crippen molar-refractivity contribution in [2.75, 3.05) is 18.9 Å². The standard InChI is InChI=1S/C11H19N3O5S/c1-9(2)19-5-6-20(17,18)13-3-4-14-7-10(11(15)16)12-8-14/h7-9,13H,3-6H2,1-2H3,(H,15,16). The summed E-state index contributed by atoms with van der Waals surface area (Å²) in [6.45, 7) is 4.28. The van der Waals surface area contributed by atoms with Gasteiger partial charge in [0.2, 0.25) is 10.0 Å². The SMILES string of the molecule is CC(C)OCCS(=O)(=O)NCCn1cnc(C(=O)O)c1. The van der Waals surface area contributed by atoms with Crippen LogP contribution >= 0.6 is 0 Å².